The van der Waals surface area contributed by atoms with E-state index >= 15 is 0 Å². The van der Waals surface area contributed by atoms with E-state index in [1.165, 1.54) is 19.3 Å². The molecule has 0 aromatic heterocycles. The lowest BCUT2D eigenvalue weighted by molar-refractivity contribution is -0.167. The van der Waals surface area contributed by atoms with E-state index in [1.54, 1.807) is 0 Å². The highest BCUT2D eigenvalue weighted by atomic mass is 16.6. The maximum Gasteiger partial charge on any atom is 0.306 e. The van der Waals surface area contributed by atoms with Crippen molar-refractivity contribution in [3.8, 4) is 0 Å². The second-order valence-electron chi connectivity index (χ2n) is 20.2. The van der Waals surface area contributed by atoms with E-state index in [1.807, 2.05) is 0 Å². The van der Waals surface area contributed by atoms with Crippen LogP contribution in [-0.2, 0) is 28.6 Å². The molecule has 0 radical (unpaired) electrons. The van der Waals surface area contributed by atoms with Gasteiger partial charge in [0.05, 0.1) is 0 Å². The zero-order valence-corrected chi connectivity index (χ0v) is 51.5. The van der Waals surface area contributed by atoms with Gasteiger partial charge in [0.2, 0.25) is 0 Å². The predicted molar refractivity (Wildman–Crippen MR) is 352 cm³/mol. The number of unbranched alkanes of at least 4 members (excludes halogenated alkanes) is 12. The Labute approximate surface area is 497 Å². The first-order valence-electron chi connectivity index (χ1n) is 31.9. The van der Waals surface area contributed by atoms with Gasteiger partial charge in [0.25, 0.3) is 0 Å². The van der Waals surface area contributed by atoms with Crippen LogP contribution in [0.2, 0.25) is 0 Å². The minimum atomic E-state index is -0.835. The summed E-state index contributed by atoms with van der Waals surface area (Å²) in [7, 11) is 0. The fraction of sp³-hybridized carbons (Fsp3) is 0.533. The van der Waals surface area contributed by atoms with Crippen molar-refractivity contribution in [1.82, 2.24) is 0 Å². The average Bonchev–Trinajstić information content (AvgIpc) is 3.47. The molecule has 6 heteroatoms. The van der Waals surface area contributed by atoms with E-state index in [9.17, 15) is 14.4 Å². The lowest BCUT2D eigenvalue weighted by atomic mass is 10.1. The van der Waals surface area contributed by atoms with E-state index in [0.29, 0.717) is 19.3 Å². The normalized spacial score (nSPS) is 13.5. The first-order chi connectivity index (χ1) is 40.0. The maximum absolute atomic E-state index is 12.9. The van der Waals surface area contributed by atoms with Gasteiger partial charge >= 0.3 is 17.9 Å². The highest BCUT2D eigenvalue weighted by molar-refractivity contribution is 5.71. The van der Waals surface area contributed by atoms with E-state index in [0.717, 1.165) is 173 Å². The first kappa shape index (κ1) is 75.2. The Morgan fingerprint density at radius 1 is 0.259 bits per heavy atom. The summed E-state index contributed by atoms with van der Waals surface area (Å²) in [5, 5.41) is 0. The van der Waals surface area contributed by atoms with Gasteiger partial charge in [-0.3, -0.25) is 14.4 Å². The van der Waals surface area contributed by atoms with Crippen molar-refractivity contribution in [2.75, 3.05) is 13.2 Å². The van der Waals surface area contributed by atoms with E-state index < -0.39 is 6.10 Å². The summed E-state index contributed by atoms with van der Waals surface area (Å²) in [6.07, 6.45) is 102. The lowest BCUT2D eigenvalue weighted by Crippen LogP contribution is -2.30. The average molecular weight is 1110 g/mol. The number of ether oxygens (including phenoxy) is 3. The molecule has 1 unspecified atom stereocenters. The molecule has 81 heavy (non-hydrogen) atoms. The molecule has 450 valence electrons. The van der Waals surface area contributed by atoms with Gasteiger partial charge in [0.1, 0.15) is 13.2 Å². The van der Waals surface area contributed by atoms with Crippen molar-refractivity contribution < 1.29 is 28.6 Å². The van der Waals surface area contributed by atoms with Crippen LogP contribution in [0.3, 0.4) is 0 Å². The number of esters is 3. The maximum atomic E-state index is 12.9. The van der Waals surface area contributed by atoms with Crippen LogP contribution in [0.1, 0.15) is 239 Å². The smallest absolute Gasteiger partial charge is 0.306 e. The Balaban J connectivity index is 4.49. The quantitative estimate of drug-likeness (QED) is 0.0261. The highest BCUT2D eigenvalue weighted by Crippen LogP contribution is 2.12. The van der Waals surface area contributed by atoms with Crippen LogP contribution in [0.15, 0.2) is 194 Å². The number of hydrogen-bond acceptors (Lipinski definition) is 6. The molecule has 0 saturated carbocycles. The molecule has 0 aromatic rings. The molecule has 6 nitrogen and oxygen atoms in total. The summed E-state index contributed by atoms with van der Waals surface area (Å²) < 4.78 is 16.8. The summed E-state index contributed by atoms with van der Waals surface area (Å²) >= 11 is 0. The van der Waals surface area contributed by atoms with E-state index in [4.69, 9.17) is 14.2 Å². The number of carbonyl (C=O) groups excluding carboxylic acids is 3. The molecule has 0 spiro atoms. The molecule has 0 aliphatic rings. The Kier molecular flexibility index (Phi) is 62.0. The predicted octanol–water partition coefficient (Wildman–Crippen LogP) is 22.2. The SMILES string of the molecule is CC/C=C\C/C=C\C/C=C\C/C=C\C/C=C\C/C=C\C/C=C\C/C=C\CCCCCCC(=O)OCC(COC(=O)CCCCCCC/C=C\CCCC)OC(=O)CCC/C=C\C/C=C\C/C=C\C/C=C\C/C=C\C/C=C\C/C=C\CC. The zero-order valence-electron chi connectivity index (χ0n) is 51.5. The Hall–Kier alpha value is -5.75. The van der Waals surface area contributed by atoms with Crippen molar-refractivity contribution in [3.05, 3.63) is 194 Å². The Morgan fingerprint density at radius 2 is 0.494 bits per heavy atom. The summed E-state index contributed by atoms with van der Waals surface area (Å²) in [6, 6.07) is 0. The molecule has 0 amide bonds. The van der Waals surface area contributed by atoms with Crippen LogP contribution < -0.4 is 0 Å². The van der Waals surface area contributed by atoms with Crippen LogP contribution in [0.4, 0.5) is 0 Å². The molecule has 0 heterocycles. The molecule has 0 fully saturated rings. The van der Waals surface area contributed by atoms with Crippen molar-refractivity contribution in [3.63, 3.8) is 0 Å². The minimum Gasteiger partial charge on any atom is -0.462 e. The molecule has 1 atom stereocenters. The van der Waals surface area contributed by atoms with Crippen molar-refractivity contribution in [2.24, 2.45) is 0 Å². The molecule has 0 rings (SSSR count). The van der Waals surface area contributed by atoms with Crippen molar-refractivity contribution in [1.29, 1.82) is 0 Å². The van der Waals surface area contributed by atoms with Gasteiger partial charge in [-0.2, -0.15) is 0 Å². The molecular weight excluding hydrogens is 997 g/mol. The molecule has 0 N–H and O–H groups in total. The van der Waals surface area contributed by atoms with Crippen LogP contribution >= 0.6 is 0 Å². The third-order valence-electron chi connectivity index (χ3n) is 12.6. The molecular formula is C75H114O6. The third-order valence-corrected chi connectivity index (χ3v) is 12.6. The fourth-order valence-corrected chi connectivity index (χ4v) is 7.84. The summed E-state index contributed by atoms with van der Waals surface area (Å²) in [5.74, 6) is -1.03. The summed E-state index contributed by atoms with van der Waals surface area (Å²) in [6.45, 7) is 6.28. The van der Waals surface area contributed by atoms with Crippen LogP contribution in [0.5, 0.6) is 0 Å². The lowest BCUT2D eigenvalue weighted by Gasteiger charge is -2.18. The third kappa shape index (κ3) is 64.9. The molecule has 0 bridgehead atoms. The summed E-state index contributed by atoms with van der Waals surface area (Å²) in [4.78, 5) is 38.2. The van der Waals surface area contributed by atoms with Crippen LogP contribution in [-0.4, -0.2) is 37.2 Å². The molecule has 0 aliphatic heterocycles. The zero-order chi connectivity index (χ0) is 58.5. The Bertz CT molecular complexity index is 1950. The number of carbonyl (C=O) groups is 3. The second kappa shape index (κ2) is 66.8. The monoisotopic (exact) mass is 1110 g/mol. The largest absolute Gasteiger partial charge is 0.462 e. The van der Waals surface area contributed by atoms with Gasteiger partial charge in [-0.1, -0.05) is 260 Å². The number of allylic oxidation sites excluding steroid dienone is 32. The second-order valence-corrected chi connectivity index (χ2v) is 20.2. The van der Waals surface area contributed by atoms with Gasteiger partial charge in [0.15, 0.2) is 6.10 Å². The van der Waals surface area contributed by atoms with E-state index in [-0.39, 0.29) is 37.5 Å². The van der Waals surface area contributed by atoms with Crippen LogP contribution in [0, 0.1) is 0 Å². The Morgan fingerprint density at radius 3 is 0.802 bits per heavy atom. The van der Waals surface area contributed by atoms with Crippen molar-refractivity contribution in [2.45, 2.75) is 245 Å². The topological polar surface area (TPSA) is 78.9 Å². The van der Waals surface area contributed by atoms with Gasteiger partial charge in [-0.15, -0.1) is 0 Å². The first-order valence-corrected chi connectivity index (χ1v) is 31.9. The molecule has 0 aromatic carbocycles. The van der Waals surface area contributed by atoms with Gasteiger partial charge in [-0.25, -0.2) is 0 Å². The highest BCUT2D eigenvalue weighted by Gasteiger charge is 2.19. The van der Waals surface area contributed by atoms with Crippen LogP contribution in [0.25, 0.3) is 0 Å². The molecule has 0 saturated heterocycles. The van der Waals surface area contributed by atoms with Gasteiger partial charge < -0.3 is 14.2 Å². The van der Waals surface area contributed by atoms with Gasteiger partial charge in [0, 0.05) is 19.3 Å². The standard InChI is InChI=1S/C75H114O6/c1-4-7-10-13-16-19-22-24-26-28-30-32-34-35-36-37-38-39-41-42-44-46-48-50-53-56-59-62-65-68-74(77)80-71-72(70-79-73(76)67-64-61-58-55-52-21-18-15-12-9-6-3)81-75(78)69-66-63-60-57-54-51-49-47-45-43-40-33-31-29-27-25-23-20-17-14-11-8-5-2/h7-8,10-11,15-20,24-27,30-33,35-36,38-39,42-45,48-51,57,60,72H,4-6,9,12-14,21-23,28-29,34,37,40-41,46-47,52-56,58-59,61-71H2,1-3H3/b10-7-,11-8-,18-15-,19-16-,20-17-,26-24-,27-25-,32-30-,33-31-,36-35-,39-38-,44-42-,45-43-,50-48-,51-49-,60-57-. The molecule has 0 aliphatic carbocycles. The minimum absolute atomic E-state index is 0.124. The summed E-state index contributed by atoms with van der Waals surface area (Å²) in [5.41, 5.74) is 0. The van der Waals surface area contributed by atoms with Gasteiger partial charge in [-0.05, 0) is 154 Å². The van der Waals surface area contributed by atoms with Crippen molar-refractivity contribution >= 4 is 17.9 Å². The fourth-order valence-electron chi connectivity index (χ4n) is 7.84. The number of hydrogen-bond donors (Lipinski definition) is 0. The van der Waals surface area contributed by atoms with E-state index in [2.05, 4.69) is 215 Å². The number of rotatable bonds is 55.